The Morgan fingerprint density at radius 2 is 2.22 bits per heavy atom. The van der Waals surface area contributed by atoms with Crippen molar-refractivity contribution in [1.29, 1.82) is 0 Å². The quantitative estimate of drug-likeness (QED) is 0.903. The summed E-state index contributed by atoms with van der Waals surface area (Å²) in [6.45, 7) is 8.76. The van der Waals surface area contributed by atoms with Gasteiger partial charge in [0.2, 0.25) is 0 Å². The van der Waals surface area contributed by atoms with Gasteiger partial charge in [-0.05, 0) is 37.5 Å². The van der Waals surface area contributed by atoms with Crippen LogP contribution in [0.15, 0.2) is 5.38 Å². The first-order chi connectivity index (χ1) is 8.40. The summed E-state index contributed by atoms with van der Waals surface area (Å²) in [5, 5.41) is 14.3. The molecule has 3 unspecified atom stereocenters. The third kappa shape index (κ3) is 2.94. The molecule has 3 heteroatoms. The summed E-state index contributed by atoms with van der Waals surface area (Å²) >= 11 is 1.68. The molecule has 3 atom stereocenters. The number of hydrogen-bond acceptors (Lipinski definition) is 3. The van der Waals surface area contributed by atoms with E-state index in [9.17, 15) is 5.11 Å². The van der Waals surface area contributed by atoms with Crippen molar-refractivity contribution in [2.24, 2.45) is 17.8 Å². The van der Waals surface area contributed by atoms with Crippen LogP contribution in [0.3, 0.4) is 0 Å². The van der Waals surface area contributed by atoms with Gasteiger partial charge in [0, 0.05) is 11.8 Å². The zero-order chi connectivity index (χ0) is 13.3. The first kappa shape index (κ1) is 14.0. The number of rotatable bonds is 3. The fraction of sp³-hybridized carbons (Fsp3) is 0.800. The van der Waals surface area contributed by atoms with Crippen LogP contribution in [0.1, 0.15) is 50.7 Å². The summed E-state index contributed by atoms with van der Waals surface area (Å²) < 4.78 is 0. The Morgan fingerprint density at radius 3 is 2.78 bits per heavy atom. The standard InChI is InChI=1S/C15H25NOS/c1-10(2)14-6-5-11(3)7-15(14,17)8-13-9-18-12(4)16-13/h9-11,14,17H,5-8H2,1-4H3. The number of aliphatic hydroxyl groups is 1. The average Bonchev–Trinajstić information content (AvgIpc) is 2.62. The monoisotopic (exact) mass is 267 g/mol. The Labute approximate surface area is 114 Å². The second kappa shape index (κ2) is 5.30. The summed E-state index contributed by atoms with van der Waals surface area (Å²) in [5.41, 5.74) is 0.520. The molecule has 0 spiro atoms. The molecule has 0 bridgehead atoms. The van der Waals surface area contributed by atoms with E-state index in [1.54, 1.807) is 11.3 Å². The Kier molecular flexibility index (Phi) is 4.12. The van der Waals surface area contributed by atoms with Crippen molar-refractivity contribution in [3.63, 3.8) is 0 Å². The molecule has 2 nitrogen and oxygen atoms in total. The van der Waals surface area contributed by atoms with Crippen LogP contribution in [0, 0.1) is 24.7 Å². The molecule has 0 aromatic carbocycles. The second-order valence-electron chi connectivity index (χ2n) is 6.38. The van der Waals surface area contributed by atoms with Crippen molar-refractivity contribution < 1.29 is 5.11 Å². The molecular weight excluding hydrogens is 242 g/mol. The molecule has 0 aliphatic heterocycles. The van der Waals surface area contributed by atoms with E-state index in [1.165, 1.54) is 6.42 Å². The number of aryl methyl sites for hydroxylation is 1. The minimum atomic E-state index is -0.549. The zero-order valence-electron chi connectivity index (χ0n) is 11.9. The number of nitrogens with zero attached hydrogens (tertiary/aromatic N) is 1. The second-order valence-corrected chi connectivity index (χ2v) is 7.44. The van der Waals surface area contributed by atoms with E-state index in [0.717, 1.165) is 30.0 Å². The van der Waals surface area contributed by atoms with Crippen molar-refractivity contribution in [3.8, 4) is 0 Å². The van der Waals surface area contributed by atoms with Crippen LogP contribution in [0.2, 0.25) is 0 Å². The highest BCUT2D eigenvalue weighted by molar-refractivity contribution is 7.09. The molecule has 1 heterocycles. The molecule has 1 fully saturated rings. The molecule has 1 saturated carbocycles. The maximum atomic E-state index is 11.1. The highest BCUT2D eigenvalue weighted by atomic mass is 32.1. The van der Waals surface area contributed by atoms with Crippen LogP contribution in [-0.4, -0.2) is 15.7 Å². The van der Waals surface area contributed by atoms with E-state index in [1.807, 2.05) is 6.92 Å². The maximum Gasteiger partial charge on any atom is 0.0897 e. The van der Waals surface area contributed by atoms with Crippen LogP contribution < -0.4 is 0 Å². The van der Waals surface area contributed by atoms with Gasteiger partial charge in [-0.2, -0.15) is 0 Å². The highest BCUT2D eigenvalue weighted by Gasteiger charge is 2.43. The van der Waals surface area contributed by atoms with Crippen LogP contribution in [0.4, 0.5) is 0 Å². The predicted molar refractivity (Wildman–Crippen MR) is 76.8 cm³/mol. The lowest BCUT2D eigenvalue weighted by Crippen LogP contribution is -2.47. The zero-order valence-corrected chi connectivity index (χ0v) is 12.8. The van der Waals surface area contributed by atoms with Gasteiger partial charge in [-0.25, -0.2) is 4.98 Å². The summed E-state index contributed by atoms with van der Waals surface area (Å²) in [7, 11) is 0. The molecule has 2 rings (SSSR count). The third-order valence-corrected chi connectivity index (χ3v) is 5.14. The molecule has 1 N–H and O–H groups in total. The molecule has 0 radical (unpaired) electrons. The van der Waals surface area contributed by atoms with Gasteiger partial charge in [-0.15, -0.1) is 11.3 Å². The fourth-order valence-corrected chi connectivity index (χ4v) is 4.16. The summed E-state index contributed by atoms with van der Waals surface area (Å²) in [4.78, 5) is 4.53. The van der Waals surface area contributed by atoms with Gasteiger partial charge in [0.25, 0.3) is 0 Å². The number of hydrogen-bond donors (Lipinski definition) is 1. The molecule has 18 heavy (non-hydrogen) atoms. The van der Waals surface area contributed by atoms with Crippen molar-refractivity contribution in [1.82, 2.24) is 4.98 Å². The van der Waals surface area contributed by atoms with Crippen molar-refractivity contribution >= 4 is 11.3 Å². The molecule has 1 aromatic heterocycles. The Morgan fingerprint density at radius 1 is 1.50 bits per heavy atom. The molecule has 0 saturated heterocycles. The maximum absolute atomic E-state index is 11.1. The lowest BCUT2D eigenvalue weighted by atomic mass is 9.65. The number of aromatic nitrogens is 1. The van der Waals surface area contributed by atoms with E-state index in [4.69, 9.17) is 0 Å². The normalized spacial score (nSPS) is 33.0. The smallest absolute Gasteiger partial charge is 0.0897 e. The minimum absolute atomic E-state index is 0.413. The highest BCUT2D eigenvalue weighted by Crippen LogP contribution is 2.42. The van der Waals surface area contributed by atoms with Gasteiger partial charge in [0.15, 0.2) is 0 Å². The molecule has 102 valence electrons. The van der Waals surface area contributed by atoms with Gasteiger partial charge in [-0.1, -0.05) is 27.2 Å². The van der Waals surface area contributed by atoms with Gasteiger partial charge >= 0.3 is 0 Å². The summed E-state index contributed by atoms with van der Waals surface area (Å²) in [6.07, 6.45) is 4.05. The SMILES string of the molecule is Cc1nc(CC2(O)CC(C)CCC2C(C)C)cs1. The van der Waals surface area contributed by atoms with Crippen LogP contribution in [0.5, 0.6) is 0 Å². The van der Waals surface area contributed by atoms with Crippen LogP contribution in [-0.2, 0) is 6.42 Å². The predicted octanol–water partition coefficient (Wildman–Crippen LogP) is 3.82. The Hall–Kier alpha value is -0.410. The molecule has 1 aliphatic carbocycles. The topological polar surface area (TPSA) is 33.1 Å². The van der Waals surface area contributed by atoms with E-state index in [0.29, 0.717) is 17.8 Å². The molecular formula is C15H25NOS. The first-order valence-electron chi connectivity index (χ1n) is 7.04. The van der Waals surface area contributed by atoms with E-state index in [-0.39, 0.29) is 0 Å². The van der Waals surface area contributed by atoms with Gasteiger partial charge in [0.1, 0.15) is 0 Å². The molecule has 1 aromatic rings. The van der Waals surface area contributed by atoms with E-state index in [2.05, 4.69) is 31.1 Å². The first-order valence-corrected chi connectivity index (χ1v) is 7.92. The van der Waals surface area contributed by atoms with E-state index < -0.39 is 5.60 Å². The summed E-state index contributed by atoms with van der Waals surface area (Å²) in [5.74, 6) is 1.59. The lowest BCUT2D eigenvalue weighted by Gasteiger charge is -2.44. The largest absolute Gasteiger partial charge is 0.389 e. The van der Waals surface area contributed by atoms with Crippen LogP contribution >= 0.6 is 11.3 Å². The van der Waals surface area contributed by atoms with Crippen molar-refractivity contribution in [3.05, 3.63) is 16.1 Å². The van der Waals surface area contributed by atoms with Gasteiger partial charge in [-0.3, -0.25) is 0 Å². The third-order valence-electron chi connectivity index (χ3n) is 4.32. The Bertz CT molecular complexity index is 401. The van der Waals surface area contributed by atoms with E-state index >= 15 is 0 Å². The van der Waals surface area contributed by atoms with Gasteiger partial charge < -0.3 is 5.11 Å². The van der Waals surface area contributed by atoms with Crippen LogP contribution in [0.25, 0.3) is 0 Å². The van der Waals surface area contributed by atoms with Crippen molar-refractivity contribution in [2.45, 2.75) is 59.0 Å². The summed E-state index contributed by atoms with van der Waals surface area (Å²) in [6, 6.07) is 0. The lowest BCUT2D eigenvalue weighted by molar-refractivity contribution is -0.0800. The molecule has 1 aliphatic rings. The minimum Gasteiger partial charge on any atom is -0.389 e. The van der Waals surface area contributed by atoms with Gasteiger partial charge in [0.05, 0.1) is 16.3 Å². The Balaban J connectivity index is 2.18. The van der Waals surface area contributed by atoms with Crippen molar-refractivity contribution in [2.75, 3.05) is 0 Å². The average molecular weight is 267 g/mol. The number of thiazole rings is 1. The molecule has 0 amide bonds. The fourth-order valence-electron chi connectivity index (χ4n) is 3.55.